The highest BCUT2D eigenvalue weighted by Gasteiger charge is 2.35. The summed E-state index contributed by atoms with van der Waals surface area (Å²) in [6.07, 6.45) is 2.10. The number of hydrogen-bond acceptors (Lipinski definition) is 2. The van der Waals surface area contributed by atoms with Crippen LogP contribution in [0, 0.1) is 12.8 Å². The first-order chi connectivity index (χ1) is 12.5. The Labute approximate surface area is 155 Å². The van der Waals surface area contributed by atoms with Crippen LogP contribution in [0.2, 0.25) is 0 Å². The number of nitrogens with one attached hydrogen (secondary N) is 1. The van der Waals surface area contributed by atoms with Gasteiger partial charge in [0.1, 0.15) is 0 Å². The SMILES string of the molecule is Cc1ccccc1N1C[C@H](C(=O)N[C@H](C)CCc2ccccc2)CC1=O. The second-order valence-electron chi connectivity index (χ2n) is 7.13. The van der Waals surface area contributed by atoms with Crippen LogP contribution in [0.1, 0.15) is 30.9 Å². The molecule has 0 aromatic heterocycles. The minimum Gasteiger partial charge on any atom is -0.353 e. The molecule has 0 saturated carbocycles. The van der Waals surface area contributed by atoms with Gasteiger partial charge in [0.05, 0.1) is 5.92 Å². The molecule has 1 heterocycles. The molecule has 0 spiro atoms. The number of amides is 2. The van der Waals surface area contributed by atoms with Crippen LogP contribution >= 0.6 is 0 Å². The fourth-order valence-corrected chi connectivity index (χ4v) is 3.44. The maximum Gasteiger partial charge on any atom is 0.227 e. The standard InChI is InChI=1S/C22H26N2O2/c1-16-8-6-7-11-20(16)24-15-19(14-21(24)25)22(26)23-17(2)12-13-18-9-4-3-5-10-18/h3-11,17,19H,12-15H2,1-2H3,(H,23,26)/t17-,19-/m1/s1. The van der Waals surface area contributed by atoms with Gasteiger partial charge in [0.15, 0.2) is 0 Å². The average Bonchev–Trinajstić information content (AvgIpc) is 3.03. The fourth-order valence-electron chi connectivity index (χ4n) is 3.44. The summed E-state index contributed by atoms with van der Waals surface area (Å²) >= 11 is 0. The first-order valence-corrected chi connectivity index (χ1v) is 9.25. The van der Waals surface area contributed by atoms with Crippen LogP contribution in [0.25, 0.3) is 0 Å². The van der Waals surface area contributed by atoms with Crippen molar-refractivity contribution in [1.82, 2.24) is 5.32 Å². The Kier molecular flexibility index (Phi) is 5.71. The lowest BCUT2D eigenvalue weighted by Crippen LogP contribution is -2.38. The van der Waals surface area contributed by atoms with Gasteiger partial charge in [-0.15, -0.1) is 0 Å². The fraction of sp³-hybridized carbons (Fsp3) is 0.364. The topological polar surface area (TPSA) is 49.4 Å². The summed E-state index contributed by atoms with van der Waals surface area (Å²) in [5.74, 6) is -0.271. The van der Waals surface area contributed by atoms with Crippen molar-refractivity contribution in [3.05, 3.63) is 65.7 Å². The Balaban J connectivity index is 1.54. The van der Waals surface area contributed by atoms with Crippen molar-refractivity contribution >= 4 is 17.5 Å². The summed E-state index contributed by atoms with van der Waals surface area (Å²) in [6, 6.07) is 18.2. The van der Waals surface area contributed by atoms with Crippen molar-refractivity contribution in [3.63, 3.8) is 0 Å². The first kappa shape index (κ1) is 18.2. The van der Waals surface area contributed by atoms with E-state index in [1.807, 2.05) is 56.3 Å². The summed E-state index contributed by atoms with van der Waals surface area (Å²) in [7, 11) is 0. The predicted molar refractivity (Wildman–Crippen MR) is 104 cm³/mol. The van der Waals surface area contributed by atoms with Crippen molar-refractivity contribution in [3.8, 4) is 0 Å². The number of hydrogen-bond donors (Lipinski definition) is 1. The molecular weight excluding hydrogens is 324 g/mol. The van der Waals surface area contributed by atoms with E-state index in [0.717, 1.165) is 24.1 Å². The summed E-state index contributed by atoms with van der Waals surface area (Å²) < 4.78 is 0. The smallest absolute Gasteiger partial charge is 0.227 e. The van der Waals surface area contributed by atoms with E-state index in [1.165, 1.54) is 5.56 Å². The second kappa shape index (κ2) is 8.17. The van der Waals surface area contributed by atoms with Crippen molar-refractivity contribution in [2.24, 2.45) is 5.92 Å². The normalized spacial score (nSPS) is 18.0. The van der Waals surface area contributed by atoms with E-state index in [2.05, 4.69) is 17.4 Å². The van der Waals surface area contributed by atoms with E-state index in [4.69, 9.17) is 0 Å². The third-order valence-electron chi connectivity index (χ3n) is 5.00. The molecule has 1 saturated heterocycles. The zero-order chi connectivity index (χ0) is 18.5. The number of para-hydroxylation sites is 1. The Morgan fingerprint density at radius 3 is 2.58 bits per heavy atom. The number of nitrogens with zero attached hydrogens (tertiary/aromatic N) is 1. The molecule has 1 N–H and O–H groups in total. The molecule has 4 nitrogen and oxygen atoms in total. The van der Waals surface area contributed by atoms with Crippen molar-refractivity contribution in [2.45, 2.75) is 39.2 Å². The van der Waals surface area contributed by atoms with Crippen LogP contribution < -0.4 is 10.2 Å². The van der Waals surface area contributed by atoms with Crippen LogP contribution in [0.3, 0.4) is 0 Å². The quantitative estimate of drug-likeness (QED) is 0.867. The van der Waals surface area contributed by atoms with Crippen molar-refractivity contribution in [1.29, 1.82) is 0 Å². The van der Waals surface area contributed by atoms with Gasteiger partial charge in [-0.05, 0) is 43.9 Å². The molecule has 136 valence electrons. The van der Waals surface area contributed by atoms with Crippen molar-refractivity contribution in [2.75, 3.05) is 11.4 Å². The molecule has 1 aliphatic rings. The largest absolute Gasteiger partial charge is 0.353 e. The van der Waals surface area contributed by atoms with Gasteiger partial charge in [0.25, 0.3) is 0 Å². The highest BCUT2D eigenvalue weighted by atomic mass is 16.2. The van der Waals surface area contributed by atoms with Crippen LogP contribution in [0.5, 0.6) is 0 Å². The lowest BCUT2D eigenvalue weighted by atomic mass is 10.0. The molecule has 2 aromatic rings. The Morgan fingerprint density at radius 2 is 1.85 bits per heavy atom. The summed E-state index contributed by atoms with van der Waals surface area (Å²) in [4.78, 5) is 26.7. The zero-order valence-electron chi connectivity index (χ0n) is 15.4. The third-order valence-corrected chi connectivity index (χ3v) is 5.00. The molecule has 0 radical (unpaired) electrons. The molecule has 0 bridgehead atoms. The zero-order valence-corrected chi connectivity index (χ0v) is 15.4. The highest BCUT2D eigenvalue weighted by Crippen LogP contribution is 2.27. The molecule has 26 heavy (non-hydrogen) atoms. The van der Waals surface area contributed by atoms with Gasteiger partial charge in [-0.1, -0.05) is 48.5 Å². The molecule has 4 heteroatoms. The minimum absolute atomic E-state index is 0.0185. The van der Waals surface area contributed by atoms with Gasteiger partial charge >= 0.3 is 0 Å². The molecular formula is C22H26N2O2. The second-order valence-corrected chi connectivity index (χ2v) is 7.13. The van der Waals surface area contributed by atoms with E-state index in [9.17, 15) is 9.59 Å². The van der Waals surface area contributed by atoms with Crippen LogP contribution in [-0.2, 0) is 16.0 Å². The number of anilines is 1. The summed E-state index contributed by atoms with van der Waals surface area (Å²) in [6.45, 7) is 4.47. The maximum absolute atomic E-state index is 12.6. The van der Waals surface area contributed by atoms with E-state index >= 15 is 0 Å². The number of carbonyl (C=O) groups is 2. The van der Waals surface area contributed by atoms with E-state index < -0.39 is 0 Å². The van der Waals surface area contributed by atoms with E-state index in [1.54, 1.807) is 4.90 Å². The molecule has 0 aliphatic carbocycles. The van der Waals surface area contributed by atoms with Crippen LogP contribution in [0.4, 0.5) is 5.69 Å². The average molecular weight is 350 g/mol. The maximum atomic E-state index is 12.6. The molecule has 1 fully saturated rings. The van der Waals surface area contributed by atoms with Gasteiger partial charge in [-0.2, -0.15) is 0 Å². The lowest BCUT2D eigenvalue weighted by molar-refractivity contribution is -0.126. The van der Waals surface area contributed by atoms with Crippen LogP contribution in [-0.4, -0.2) is 24.4 Å². The Bertz CT molecular complexity index is 773. The number of benzene rings is 2. The van der Waals surface area contributed by atoms with Crippen molar-refractivity contribution < 1.29 is 9.59 Å². The lowest BCUT2D eigenvalue weighted by Gasteiger charge is -2.20. The highest BCUT2D eigenvalue weighted by molar-refractivity contribution is 6.00. The minimum atomic E-state index is -0.277. The van der Waals surface area contributed by atoms with Gasteiger partial charge < -0.3 is 10.2 Å². The van der Waals surface area contributed by atoms with Crippen LogP contribution in [0.15, 0.2) is 54.6 Å². The Hall–Kier alpha value is -2.62. The Morgan fingerprint density at radius 1 is 1.15 bits per heavy atom. The number of aryl methyl sites for hydroxylation is 2. The van der Waals surface area contributed by atoms with E-state index in [-0.39, 0.29) is 30.2 Å². The molecule has 2 aromatic carbocycles. The van der Waals surface area contributed by atoms with Gasteiger partial charge in [-0.3, -0.25) is 9.59 Å². The third kappa shape index (κ3) is 4.31. The van der Waals surface area contributed by atoms with Gasteiger partial charge in [0, 0.05) is 24.7 Å². The number of rotatable bonds is 6. The summed E-state index contributed by atoms with van der Waals surface area (Å²) in [5.41, 5.74) is 3.23. The van der Waals surface area contributed by atoms with Gasteiger partial charge in [-0.25, -0.2) is 0 Å². The van der Waals surface area contributed by atoms with Gasteiger partial charge in [0.2, 0.25) is 11.8 Å². The first-order valence-electron chi connectivity index (χ1n) is 9.25. The number of carbonyl (C=O) groups excluding carboxylic acids is 2. The molecule has 3 rings (SSSR count). The monoisotopic (exact) mass is 350 g/mol. The predicted octanol–water partition coefficient (Wildman–Crippen LogP) is 3.49. The summed E-state index contributed by atoms with van der Waals surface area (Å²) in [5, 5.41) is 3.08. The molecule has 0 unspecified atom stereocenters. The molecule has 2 atom stereocenters. The molecule has 1 aliphatic heterocycles. The van der Waals surface area contributed by atoms with E-state index in [0.29, 0.717) is 6.54 Å². The molecule has 2 amide bonds.